The summed E-state index contributed by atoms with van der Waals surface area (Å²) in [5, 5.41) is 9.58. The number of hydrogen-bond donors (Lipinski definition) is 2. The Balaban J connectivity index is 4.18. The summed E-state index contributed by atoms with van der Waals surface area (Å²) in [6.45, 7) is 6.17. The van der Waals surface area contributed by atoms with Gasteiger partial charge in [-0.3, -0.25) is 0 Å². The Morgan fingerprint density at radius 3 is 1.92 bits per heavy atom. The second-order valence-electron chi connectivity index (χ2n) is 2.67. The smallest absolute Gasteiger partial charge is 0.353 e. The van der Waals surface area contributed by atoms with Gasteiger partial charge in [0.1, 0.15) is 0 Å². The van der Waals surface area contributed by atoms with Crippen LogP contribution in [0.1, 0.15) is 33.6 Å². The molecule has 80 valence electrons. The molecule has 0 saturated carbocycles. The lowest BCUT2D eigenvalue weighted by Crippen LogP contribution is -2.17. The lowest BCUT2D eigenvalue weighted by molar-refractivity contribution is 0.119. The molecule has 0 spiro atoms. The van der Waals surface area contributed by atoms with Gasteiger partial charge in [0.25, 0.3) is 0 Å². The fourth-order valence-corrected chi connectivity index (χ4v) is 2.74. The topological polar surface area (TPSA) is 58.9 Å². The van der Waals surface area contributed by atoms with Crippen LogP contribution in [0.15, 0.2) is 0 Å². The van der Waals surface area contributed by atoms with Gasteiger partial charge in [-0.25, -0.2) is 0 Å². The quantitative estimate of drug-likeness (QED) is 0.632. The van der Waals surface area contributed by atoms with Crippen LogP contribution in [-0.4, -0.2) is 29.1 Å². The molecule has 0 bridgehead atoms. The van der Waals surface area contributed by atoms with E-state index in [0.29, 0.717) is 19.6 Å². The fraction of sp³-hybridized carbons (Fsp3) is 1.00. The molecule has 0 aromatic rings. The Hall–Kier alpha value is 0.270. The van der Waals surface area contributed by atoms with Crippen molar-refractivity contribution in [2.45, 2.75) is 39.5 Å². The van der Waals surface area contributed by atoms with Crippen LogP contribution in [0.4, 0.5) is 0 Å². The Bertz CT molecular complexity index is 125. The van der Waals surface area contributed by atoms with Crippen LogP contribution in [0.25, 0.3) is 0 Å². The summed E-state index contributed by atoms with van der Waals surface area (Å²) in [5.41, 5.74) is 0. The Morgan fingerprint density at radius 1 is 1.15 bits per heavy atom. The average molecular weight is 211 g/mol. The summed E-state index contributed by atoms with van der Waals surface area (Å²) in [4.78, 5) is 9.83. The van der Waals surface area contributed by atoms with E-state index >= 15 is 0 Å². The summed E-state index contributed by atoms with van der Waals surface area (Å²) in [7, 11) is -3.02. The van der Waals surface area contributed by atoms with E-state index in [0.717, 1.165) is 6.42 Å². The Kier molecular flexibility index (Phi) is 6.82. The van der Waals surface area contributed by atoms with Gasteiger partial charge in [-0.05, 0) is 20.3 Å². The molecule has 0 amide bonds. The molecule has 1 atom stereocenters. The van der Waals surface area contributed by atoms with Crippen LogP contribution in [0, 0.1) is 0 Å². The van der Waals surface area contributed by atoms with Crippen molar-refractivity contribution in [1.29, 1.82) is 0 Å². The van der Waals surface area contributed by atoms with Crippen LogP contribution in [0.3, 0.4) is 0 Å². The van der Waals surface area contributed by atoms with E-state index in [2.05, 4.69) is 0 Å². The van der Waals surface area contributed by atoms with Gasteiger partial charge in [0.2, 0.25) is 5.85 Å². The van der Waals surface area contributed by atoms with Crippen LogP contribution in [0.2, 0.25) is 0 Å². The third-order valence-electron chi connectivity index (χ3n) is 1.55. The van der Waals surface area contributed by atoms with Gasteiger partial charge in [-0.1, -0.05) is 6.92 Å². The summed E-state index contributed by atoms with van der Waals surface area (Å²) in [6.07, 6.45) is 1.30. The average Bonchev–Trinajstić information content (AvgIpc) is 2.05. The van der Waals surface area contributed by atoms with E-state index in [4.69, 9.17) is 9.05 Å². The molecule has 0 fully saturated rings. The minimum absolute atomic E-state index is 0.352. The number of aliphatic hydroxyl groups is 1. The van der Waals surface area contributed by atoms with Crippen LogP contribution in [-0.2, 0) is 9.05 Å². The number of aliphatic hydroxyl groups excluding tert-OH is 1. The molecule has 0 radical (unpaired) electrons. The van der Waals surface area contributed by atoms with Crippen molar-refractivity contribution in [3.05, 3.63) is 0 Å². The zero-order valence-corrected chi connectivity index (χ0v) is 9.46. The monoisotopic (exact) mass is 211 g/mol. The highest BCUT2D eigenvalue weighted by atomic mass is 31.2. The molecule has 0 aromatic heterocycles. The molecule has 2 N–H and O–H groups in total. The lowest BCUT2D eigenvalue weighted by atomic mass is 10.4. The van der Waals surface area contributed by atoms with Gasteiger partial charge in [-0.2, -0.15) is 13.9 Å². The Labute approximate surface area is 80.5 Å². The minimum atomic E-state index is -3.02. The van der Waals surface area contributed by atoms with Crippen molar-refractivity contribution >= 4 is 7.94 Å². The van der Waals surface area contributed by atoms with Crippen molar-refractivity contribution in [3.63, 3.8) is 0 Å². The first kappa shape index (κ1) is 13.3. The fourth-order valence-electron chi connectivity index (χ4n) is 1.00. The predicted molar refractivity (Wildman–Crippen MR) is 53.3 cm³/mol. The van der Waals surface area contributed by atoms with Gasteiger partial charge < -0.3 is 5.11 Å². The van der Waals surface area contributed by atoms with Crippen molar-refractivity contribution < 1.29 is 19.0 Å². The molecule has 0 aromatic carbocycles. The first-order valence-electron chi connectivity index (χ1n) is 4.69. The van der Waals surface area contributed by atoms with Crippen LogP contribution >= 0.6 is 7.94 Å². The van der Waals surface area contributed by atoms with Crippen molar-refractivity contribution in [1.82, 2.24) is 0 Å². The highest BCUT2D eigenvalue weighted by molar-refractivity contribution is 7.61. The third-order valence-corrected chi connectivity index (χ3v) is 3.82. The minimum Gasteiger partial charge on any atom is -0.353 e. The highest BCUT2D eigenvalue weighted by Gasteiger charge is 2.48. The van der Waals surface area contributed by atoms with E-state index in [1.54, 1.807) is 13.8 Å². The van der Waals surface area contributed by atoms with Crippen molar-refractivity contribution in [2.75, 3.05) is 13.2 Å². The molecule has 0 aliphatic rings. The molecule has 1 unspecified atom stereocenters. The molecule has 0 saturated heterocycles. The second-order valence-corrected chi connectivity index (χ2v) is 4.91. The molecule has 0 rings (SSSR count). The standard InChI is InChI=1S/C8H20O4P/c1-4-7-8(9)13(10,11-5-2)12-6-3/h8-10H,4-7H2,1-3H3/q+1. The Morgan fingerprint density at radius 2 is 1.62 bits per heavy atom. The normalized spacial score (nSPS) is 14.5. The summed E-state index contributed by atoms with van der Waals surface area (Å²) in [6, 6.07) is 0. The summed E-state index contributed by atoms with van der Waals surface area (Å²) < 4.78 is 10.2. The number of hydrogen-bond acceptors (Lipinski definition) is 4. The van der Waals surface area contributed by atoms with Crippen molar-refractivity contribution in [3.8, 4) is 0 Å². The van der Waals surface area contributed by atoms with Crippen LogP contribution in [0.5, 0.6) is 0 Å². The molecular weight excluding hydrogens is 191 g/mol. The largest absolute Gasteiger partial charge is 0.439 e. The van der Waals surface area contributed by atoms with Crippen molar-refractivity contribution in [2.24, 2.45) is 0 Å². The van der Waals surface area contributed by atoms with Gasteiger partial charge in [0, 0.05) is 6.42 Å². The highest BCUT2D eigenvalue weighted by Crippen LogP contribution is 2.61. The van der Waals surface area contributed by atoms with Gasteiger partial charge in [0.15, 0.2) is 0 Å². The number of rotatable bonds is 7. The van der Waals surface area contributed by atoms with E-state index < -0.39 is 13.8 Å². The molecule has 0 aliphatic carbocycles. The molecule has 5 heteroatoms. The predicted octanol–water partition coefficient (Wildman–Crippen LogP) is 1.93. The zero-order valence-electron chi connectivity index (χ0n) is 8.56. The third kappa shape index (κ3) is 4.34. The van der Waals surface area contributed by atoms with Crippen LogP contribution < -0.4 is 0 Å². The van der Waals surface area contributed by atoms with E-state index in [-0.39, 0.29) is 0 Å². The van der Waals surface area contributed by atoms with Gasteiger partial charge >= 0.3 is 7.94 Å². The van der Waals surface area contributed by atoms with Gasteiger partial charge in [0.05, 0.1) is 13.2 Å². The molecule has 4 nitrogen and oxygen atoms in total. The zero-order chi connectivity index (χ0) is 10.3. The lowest BCUT2D eigenvalue weighted by Gasteiger charge is -2.20. The molecule has 13 heavy (non-hydrogen) atoms. The van der Waals surface area contributed by atoms with E-state index in [9.17, 15) is 10.00 Å². The second kappa shape index (κ2) is 6.68. The van der Waals surface area contributed by atoms with E-state index in [1.807, 2.05) is 6.92 Å². The van der Waals surface area contributed by atoms with E-state index in [1.165, 1.54) is 0 Å². The maximum atomic E-state index is 9.83. The summed E-state index contributed by atoms with van der Waals surface area (Å²) >= 11 is 0. The maximum Gasteiger partial charge on any atom is 0.439 e. The molecule has 0 heterocycles. The first-order chi connectivity index (χ1) is 6.10. The maximum absolute atomic E-state index is 9.83. The summed E-state index contributed by atoms with van der Waals surface area (Å²) in [5.74, 6) is -0.877. The van der Waals surface area contributed by atoms with Gasteiger partial charge in [-0.15, -0.1) is 0 Å². The molecular formula is C8H20O4P+. The first-order valence-corrected chi connectivity index (χ1v) is 6.34. The molecule has 0 aliphatic heterocycles. The SMILES string of the molecule is CCCC(O)[P+](O)(OCC)OCC.